The van der Waals surface area contributed by atoms with Crippen LogP contribution in [0.5, 0.6) is 23.1 Å². The fraction of sp³-hybridized carbons (Fsp3) is 0.182. The van der Waals surface area contributed by atoms with Gasteiger partial charge in [0, 0.05) is 36.0 Å². The first-order valence-corrected chi connectivity index (χ1v) is 19.8. The van der Waals surface area contributed by atoms with Crippen LogP contribution in [-0.4, -0.2) is 31.7 Å². The predicted molar refractivity (Wildman–Crippen MR) is 236 cm³/mol. The lowest BCUT2D eigenvalue weighted by Crippen LogP contribution is -2.19. The number of carbonyl (C=O) groups excluding carboxylic acids is 1. The summed E-state index contributed by atoms with van der Waals surface area (Å²) in [4.78, 5) is 47.6. The van der Waals surface area contributed by atoms with Gasteiger partial charge in [0.25, 0.3) is 17.3 Å². The minimum Gasteiger partial charge on any atom is -0.456 e. The molecule has 0 aliphatic rings. The molecule has 1 heterocycles. The van der Waals surface area contributed by atoms with Gasteiger partial charge in [0.2, 0.25) is 5.88 Å². The van der Waals surface area contributed by atoms with Crippen molar-refractivity contribution in [2.45, 2.75) is 52.8 Å². The number of nitro groups is 3. The van der Waals surface area contributed by atoms with Gasteiger partial charge in [-0.1, -0.05) is 49.7 Å². The largest absolute Gasteiger partial charge is 0.456 e. The Bertz CT molecular complexity index is 2730. The number of carbonyl (C=O) groups is 1. The number of nitro benzene ring substituents is 3. The maximum Gasteiger partial charge on any atom is 0.416 e. The highest BCUT2D eigenvalue weighted by atomic mass is 35.5. The molecule has 0 bridgehead atoms. The third kappa shape index (κ3) is 13.3. The van der Waals surface area contributed by atoms with Gasteiger partial charge in [-0.15, -0.1) is 0 Å². The van der Waals surface area contributed by atoms with Gasteiger partial charge in [0.05, 0.1) is 26.0 Å². The smallest absolute Gasteiger partial charge is 0.416 e. The average molecular weight is 940 g/mol. The van der Waals surface area contributed by atoms with Crippen LogP contribution in [0, 0.1) is 55.8 Å². The van der Waals surface area contributed by atoms with E-state index in [1.807, 2.05) is 19.9 Å². The molecule has 0 unspecified atom stereocenters. The third-order valence-electron chi connectivity index (χ3n) is 9.37. The Morgan fingerprint density at radius 3 is 2.05 bits per heavy atom. The minimum absolute atomic E-state index is 0.0109. The number of benzene rings is 5. The molecule has 1 amide bonds. The molecular formula is C44H39ClF5N7O9. The zero-order valence-electron chi connectivity index (χ0n) is 35.2. The number of nitrogen functional groups attached to an aromatic ring is 1. The lowest BCUT2D eigenvalue weighted by atomic mass is 10.0. The zero-order chi connectivity index (χ0) is 48.9. The number of aromatic nitrogens is 1. The fourth-order valence-corrected chi connectivity index (χ4v) is 5.98. The maximum absolute atomic E-state index is 13.7. The predicted octanol–water partition coefficient (Wildman–Crippen LogP) is 12.8. The minimum atomic E-state index is -4.57. The number of alkyl halides is 3. The van der Waals surface area contributed by atoms with Gasteiger partial charge in [-0.05, 0) is 92.9 Å². The van der Waals surface area contributed by atoms with Crippen LogP contribution in [0.1, 0.15) is 53.7 Å². The molecule has 4 N–H and O–H groups in total. The van der Waals surface area contributed by atoms with Gasteiger partial charge in [0.15, 0.2) is 5.69 Å². The van der Waals surface area contributed by atoms with Gasteiger partial charge in [-0.3, -0.25) is 35.1 Å². The standard InChI is InChI=1S/C19H11F5N2O2.C13H19N3O4.C12H9ClN2O3/c20-12-6-7-16(15(21)10-12)26-17(27)14-5-2-8-25-18(14)28-13-4-1-3-11(9-13)19(22,23)24;1-5-10(6-2)14-12-11(15(17)18)7-8(3)9(4)13(12)16(19)20;13-11-10(18-8-4-2-1-3-5-8)7-6-9(12(11)14)15(16)17/h1-10H,(H,26,27);7,10,14H,5-6H2,1-4H3;1-7H,14H2. The van der Waals surface area contributed by atoms with Crippen LogP contribution in [-0.2, 0) is 6.18 Å². The first-order valence-electron chi connectivity index (χ1n) is 19.4. The van der Waals surface area contributed by atoms with E-state index in [0.717, 1.165) is 43.2 Å². The SMILES string of the molecule is CCC(CC)Nc1c([N+](=O)[O-])cc(C)c(C)c1[N+](=O)[O-].Nc1c([N+](=O)[O-])ccc(Oc2ccccc2)c1Cl.O=C(Nc1ccc(F)cc1F)c1cccnc1Oc1cccc(C(F)(F)F)c1. The summed E-state index contributed by atoms with van der Waals surface area (Å²) in [6.45, 7) is 7.10. The van der Waals surface area contributed by atoms with Gasteiger partial charge in [-0.2, -0.15) is 13.2 Å². The molecule has 6 aromatic rings. The number of para-hydroxylation sites is 1. The van der Waals surface area contributed by atoms with Crippen LogP contribution < -0.4 is 25.8 Å². The quantitative estimate of drug-likeness (QED) is 0.0425. The van der Waals surface area contributed by atoms with E-state index >= 15 is 0 Å². The summed E-state index contributed by atoms with van der Waals surface area (Å²) in [6.07, 6.45) is -1.82. The monoisotopic (exact) mass is 939 g/mol. The number of nitrogens with two attached hydrogens (primary N) is 1. The van der Waals surface area contributed by atoms with E-state index in [-0.39, 0.29) is 68.1 Å². The van der Waals surface area contributed by atoms with Crippen LogP contribution in [0.4, 0.5) is 56.1 Å². The van der Waals surface area contributed by atoms with Gasteiger partial charge in [-0.25, -0.2) is 13.8 Å². The molecule has 0 saturated heterocycles. The van der Waals surface area contributed by atoms with Crippen molar-refractivity contribution in [2.75, 3.05) is 16.4 Å². The van der Waals surface area contributed by atoms with Crippen molar-refractivity contribution in [2.24, 2.45) is 0 Å². The van der Waals surface area contributed by atoms with E-state index in [2.05, 4.69) is 15.6 Å². The second-order valence-electron chi connectivity index (χ2n) is 13.8. The number of ether oxygens (including phenoxy) is 2. The molecule has 0 radical (unpaired) electrons. The van der Waals surface area contributed by atoms with E-state index in [9.17, 15) is 57.1 Å². The molecule has 66 heavy (non-hydrogen) atoms. The molecule has 0 spiro atoms. The highest BCUT2D eigenvalue weighted by Gasteiger charge is 2.32. The highest BCUT2D eigenvalue weighted by molar-refractivity contribution is 6.35. The molecule has 0 saturated carbocycles. The lowest BCUT2D eigenvalue weighted by molar-refractivity contribution is -0.392. The second-order valence-corrected chi connectivity index (χ2v) is 14.2. The molecule has 346 valence electrons. The summed E-state index contributed by atoms with van der Waals surface area (Å²) < 4.78 is 76.0. The second kappa shape index (κ2) is 22.6. The molecule has 0 atom stereocenters. The number of nitrogens with zero attached hydrogens (tertiary/aromatic N) is 4. The Kier molecular flexibility index (Phi) is 17.4. The molecule has 6 rings (SSSR count). The van der Waals surface area contributed by atoms with E-state index < -0.39 is 44.1 Å². The summed E-state index contributed by atoms with van der Waals surface area (Å²) in [7, 11) is 0. The third-order valence-corrected chi connectivity index (χ3v) is 9.76. The van der Waals surface area contributed by atoms with Crippen molar-refractivity contribution in [1.82, 2.24) is 4.98 Å². The Labute approximate surface area is 377 Å². The molecule has 0 fully saturated rings. The number of pyridine rings is 1. The number of hydrogen-bond donors (Lipinski definition) is 3. The molecule has 0 aliphatic heterocycles. The van der Waals surface area contributed by atoms with E-state index in [0.29, 0.717) is 22.9 Å². The summed E-state index contributed by atoms with van der Waals surface area (Å²) in [6, 6.07) is 22.3. The number of hydrogen-bond acceptors (Lipinski definition) is 12. The Balaban J connectivity index is 0.000000224. The highest BCUT2D eigenvalue weighted by Crippen LogP contribution is 2.41. The first kappa shape index (κ1) is 50.7. The summed E-state index contributed by atoms with van der Waals surface area (Å²) >= 11 is 5.94. The van der Waals surface area contributed by atoms with Crippen LogP contribution in [0.2, 0.25) is 5.02 Å². The number of amides is 1. The van der Waals surface area contributed by atoms with Crippen molar-refractivity contribution in [1.29, 1.82) is 0 Å². The summed E-state index contributed by atoms with van der Waals surface area (Å²) in [5, 5.41) is 38.3. The number of nitrogens with one attached hydrogen (secondary N) is 2. The Hall–Kier alpha value is -7.94. The van der Waals surface area contributed by atoms with E-state index in [4.69, 9.17) is 26.8 Å². The van der Waals surface area contributed by atoms with Gasteiger partial charge in [0.1, 0.15) is 45.2 Å². The maximum atomic E-state index is 13.7. The normalized spacial score (nSPS) is 10.7. The molecule has 22 heteroatoms. The Morgan fingerprint density at radius 1 is 0.803 bits per heavy atom. The summed E-state index contributed by atoms with van der Waals surface area (Å²) in [5.74, 6) is -2.24. The molecule has 16 nitrogen and oxygen atoms in total. The van der Waals surface area contributed by atoms with Crippen LogP contribution >= 0.6 is 11.6 Å². The van der Waals surface area contributed by atoms with Crippen molar-refractivity contribution < 1.29 is 51.0 Å². The molecular weight excluding hydrogens is 901 g/mol. The van der Waals surface area contributed by atoms with Crippen LogP contribution in [0.15, 0.2) is 109 Å². The number of halogens is 6. The number of rotatable bonds is 13. The van der Waals surface area contributed by atoms with Gasteiger partial charge >= 0.3 is 11.9 Å². The van der Waals surface area contributed by atoms with Gasteiger partial charge < -0.3 is 25.8 Å². The first-order chi connectivity index (χ1) is 31.2. The van der Waals surface area contributed by atoms with Crippen molar-refractivity contribution in [3.63, 3.8) is 0 Å². The number of aryl methyl sites for hydroxylation is 1. The topological polar surface area (TPSA) is 228 Å². The van der Waals surface area contributed by atoms with E-state index in [1.165, 1.54) is 42.6 Å². The zero-order valence-corrected chi connectivity index (χ0v) is 35.9. The Morgan fingerprint density at radius 2 is 1.45 bits per heavy atom. The number of anilines is 3. The van der Waals surface area contributed by atoms with Crippen LogP contribution in [0.3, 0.4) is 0 Å². The van der Waals surface area contributed by atoms with Crippen LogP contribution in [0.25, 0.3) is 0 Å². The molecule has 0 aliphatic carbocycles. The fourth-order valence-electron chi connectivity index (χ4n) is 5.78. The average Bonchev–Trinajstić information content (AvgIpc) is 3.27. The molecule has 1 aromatic heterocycles. The van der Waals surface area contributed by atoms with Crippen molar-refractivity contribution in [3.8, 4) is 23.1 Å². The van der Waals surface area contributed by atoms with Crippen molar-refractivity contribution in [3.05, 3.63) is 179 Å². The van der Waals surface area contributed by atoms with E-state index in [1.54, 1.807) is 38.1 Å². The lowest BCUT2D eigenvalue weighted by Gasteiger charge is -2.17. The summed E-state index contributed by atoms with van der Waals surface area (Å²) in [5.41, 5.74) is 4.44. The van der Waals surface area contributed by atoms with Crippen molar-refractivity contribution >= 4 is 51.6 Å². The molecule has 5 aromatic carbocycles.